The highest BCUT2D eigenvalue weighted by Gasteiger charge is 2.22. The standard InChI is InChI=1S/C80H56N4.C2H6/c81-57-75(59-41-49-71(50-42-59)83(69-37-21-7-22-38-69)73-53-45-67(46-54-73)79(65-33-17-5-18-34-65)77(61-25-9-1-10-26-61)62-27-11-2-12-28-62)76(58-82)60-43-51-72(52-44-60)84(70-39-23-8-24-40-70)74-55-47-68(48-56-74)80(66-35-19-6-20-36-66)78(63-29-13-3-14-30-63)64-31-15-4-16-32-64;1-2/h1-56H;1-2H3/b76-75+;. The second-order valence-corrected chi connectivity index (χ2v) is 20.2. The zero-order valence-corrected chi connectivity index (χ0v) is 48.1. The molecule has 4 nitrogen and oxygen atoms in total. The van der Waals surface area contributed by atoms with Crippen molar-refractivity contribution in [3.05, 3.63) is 395 Å². The summed E-state index contributed by atoms with van der Waals surface area (Å²) in [4.78, 5) is 4.43. The van der Waals surface area contributed by atoms with Crippen molar-refractivity contribution in [2.24, 2.45) is 0 Å². The minimum Gasteiger partial charge on any atom is -0.311 e. The number of anilines is 6. The molecule has 0 unspecified atom stereocenters. The molecule has 0 aromatic heterocycles. The van der Waals surface area contributed by atoms with Gasteiger partial charge in [0.25, 0.3) is 0 Å². The van der Waals surface area contributed by atoms with Crippen LogP contribution < -0.4 is 9.80 Å². The Kier molecular flexibility index (Phi) is 18.0. The summed E-state index contributed by atoms with van der Waals surface area (Å²) < 4.78 is 0. The van der Waals surface area contributed by atoms with Gasteiger partial charge in [-0.15, -0.1) is 0 Å². The van der Waals surface area contributed by atoms with Crippen molar-refractivity contribution in [2.45, 2.75) is 13.8 Å². The van der Waals surface area contributed by atoms with Gasteiger partial charge in [0.15, 0.2) is 0 Å². The highest BCUT2D eigenvalue weighted by molar-refractivity contribution is 6.07. The second kappa shape index (κ2) is 27.5. The van der Waals surface area contributed by atoms with Gasteiger partial charge in [0.1, 0.15) is 12.1 Å². The lowest BCUT2D eigenvalue weighted by molar-refractivity contribution is 1.28. The zero-order chi connectivity index (χ0) is 58.9. The Balaban J connectivity index is 0.00000380. The van der Waals surface area contributed by atoms with E-state index < -0.39 is 0 Å². The van der Waals surface area contributed by atoms with E-state index in [1.807, 2.05) is 98.8 Å². The van der Waals surface area contributed by atoms with E-state index in [1.165, 1.54) is 0 Å². The second-order valence-electron chi connectivity index (χ2n) is 20.2. The van der Waals surface area contributed by atoms with Crippen LogP contribution in [0.3, 0.4) is 0 Å². The highest BCUT2D eigenvalue weighted by Crippen LogP contribution is 2.43. The average molecular weight is 1100 g/mol. The fourth-order valence-corrected chi connectivity index (χ4v) is 11.1. The van der Waals surface area contributed by atoms with Crippen LogP contribution in [0.4, 0.5) is 34.1 Å². The van der Waals surface area contributed by atoms with Crippen molar-refractivity contribution < 1.29 is 0 Å². The first-order valence-electron chi connectivity index (χ1n) is 29.1. The van der Waals surface area contributed by atoms with Gasteiger partial charge >= 0.3 is 0 Å². The molecule has 0 N–H and O–H groups in total. The van der Waals surface area contributed by atoms with E-state index in [0.717, 1.165) is 101 Å². The van der Waals surface area contributed by atoms with E-state index in [1.54, 1.807) is 0 Å². The number of nitriles is 2. The molecule has 86 heavy (non-hydrogen) atoms. The van der Waals surface area contributed by atoms with E-state index in [0.29, 0.717) is 22.3 Å². The average Bonchev–Trinajstić information content (AvgIpc) is 3.09. The fraction of sp³-hybridized carbons (Fsp3) is 0.0244. The molecule has 0 bridgehead atoms. The van der Waals surface area contributed by atoms with E-state index >= 15 is 0 Å². The van der Waals surface area contributed by atoms with E-state index in [2.05, 4.69) is 277 Å². The van der Waals surface area contributed by atoms with Gasteiger partial charge in [-0.05, 0) is 151 Å². The Labute approximate surface area is 506 Å². The van der Waals surface area contributed by atoms with Gasteiger partial charge in [0.05, 0.1) is 11.1 Å². The summed E-state index contributed by atoms with van der Waals surface area (Å²) >= 11 is 0. The van der Waals surface area contributed by atoms with Crippen LogP contribution in [-0.4, -0.2) is 0 Å². The third kappa shape index (κ3) is 12.4. The molecule has 12 aromatic carbocycles. The third-order valence-corrected chi connectivity index (χ3v) is 15.0. The Morgan fingerprint density at radius 2 is 0.349 bits per heavy atom. The summed E-state index contributed by atoms with van der Waals surface area (Å²) in [6, 6.07) is 122. The van der Waals surface area contributed by atoms with Gasteiger partial charge in [-0.2, -0.15) is 10.5 Å². The van der Waals surface area contributed by atoms with Gasteiger partial charge in [0.2, 0.25) is 0 Å². The summed E-state index contributed by atoms with van der Waals surface area (Å²) in [5.74, 6) is 0. The molecule has 12 aromatic rings. The molecular formula is C82H62N4. The lowest BCUT2D eigenvalue weighted by atomic mass is 9.86. The SMILES string of the molecule is CC.N#C/C(=C(/C#N)c1ccc(N(c2ccccc2)c2ccc(C(=C(c3ccccc3)c3ccccc3)c3ccccc3)cc2)cc1)c1ccc(N(c2ccccc2)c2ccc(C(=C(c3ccccc3)c3ccccc3)c3ccccc3)cc2)cc1. The minimum atomic E-state index is 0.295. The van der Waals surface area contributed by atoms with Crippen LogP contribution in [0, 0.1) is 22.7 Å². The number of para-hydroxylation sites is 2. The molecular weight excluding hydrogens is 1040 g/mol. The van der Waals surface area contributed by atoms with Gasteiger partial charge in [-0.25, -0.2) is 0 Å². The first kappa shape index (κ1) is 56.3. The summed E-state index contributed by atoms with van der Waals surface area (Å²) in [5.41, 5.74) is 21.1. The van der Waals surface area contributed by atoms with Crippen molar-refractivity contribution in [2.75, 3.05) is 9.80 Å². The number of hydrogen-bond acceptors (Lipinski definition) is 4. The molecule has 0 aliphatic carbocycles. The summed E-state index contributed by atoms with van der Waals surface area (Å²) in [5, 5.41) is 21.7. The molecule has 0 spiro atoms. The van der Waals surface area contributed by atoms with Gasteiger partial charge in [-0.1, -0.05) is 281 Å². The summed E-state index contributed by atoms with van der Waals surface area (Å²) in [6.07, 6.45) is 0. The first-order valence-corrected chi connectivity index (χ1v) is 29.1. The van der Waals surface area contributed by atoms with Crippen LogP contribution in [-0.2, 0) is 0 Å². The van der Waals surface area contributed by atoms with Gasteiger partial charge in [0, 0.05) is 34.1 Å². The molecule has 0 heterocycles. The van der Waals surface area contributed by atoms with Gasteiger partial charge < -0.3 is 9.80 Å². The smallest absolute Gasteiger partial charge is 0.101 e. The summed E-state index contributed by atoms with van der Waals surface area (Å²) in [7, 11) is 0. The van der Waals surface area contributed by atoms with Crippen molar-refractivity contribution in [1.29, 1.82) is 10.5 Å². The molecule has 12 rings (SSSR count). The van der Waals surface area contributed by atoms with Crippen LogP contribution in [0.1, 0.15) is 69.5 Å². The monoisotopic (exact) mass is 1100 g/mol. The maximum atomic E-state index is 10.9. The van der Waals surface area contributed by atoms with E-state index in [9.17, 15) is 10.5 Å². The number of rotatable bonds is 16. The maximum absolute atomic E-state index is 10.9. The van der Waals surface area contributed by atoms with Crippen molar-refractivity contribution in [3.63, 3.8) is 0 Å². The minimum absolute atomic E-state index is 0.295. The molecule has 0 amide bonds. The Morgan fingerprint density at radius 1 is 0.198 bits per heavy atom. The Bertz CT molecular complexity index is 3950. The van der Waals surface area contributed by atoms with Crippen LogP contribution in [0.2, 0.25) is 0 Å². The van der Waals surface area contributed by atoms with Crippen molar-refractivity contribution >= 4 is 67.6 Å². The highest BCUT2D eigenvalue weighted by atomic mass is 15.1. The topological polar surface area (TPSA) is 54.1 Å². The number of nitrogens with zero attached hydrogens (tertiary/aromatic N) is 4. The fourth-order valence-electron chi connectivity index (χ4n) is 11.1. The molecule has 0 radical (unpaired) electrons. The lowest BCUT2D eigenvalue weighted by Crippen LogP contribution is -2.10. The largest absolute Gasteiger partial charge is 0.311 e. The summed E-state index contributed by atoms with van der Waals surface area (Å²) in [6.45, 7) is 4.00. The number of benzene rings is 12. The van der Waals surface area contributed by atoms with E-state index in [4.69, 9.17) is 0 Å². The predicted octanol–water partition coefficient (Wildman–Crippen LogP) is 21.6. The molecule has 0 aliphatic heterocycles. The Morgan fingerprint density at radius 3 is 0.535 bits per heavy atom. The maximum Gasteiger partial charge on any atom is 0.101 e. The van der Waals surface area contributed by atoms with Crippen LogP contribution in [0.5, 0.6) is 0 Å². The molecule has 0 atom stereocenters. The Hall–Kier alpha value is -11.6. The quantitative estimate of drug-likeness (QED) is 0.0715. The molecule has 4 heteroatoms. The molecule has 0 fully saturated rings. The van der Waals surface area contributed by atoms with Crippen LogP contribution in [0.25, 0.3) is 33.4 Å². The zero-order valence-electron chi connectivity index (χ0n) is 48.1. The normalized spacial score (nSPS) is 10.8. The van der Waals surface area contributed by atoms with E-state index in [-0.39, 0.29) is 0 Å². The third-order valence-electron chi connectivity index (χ3n) is 15.0. The molecule has 0 saturated heterocycles. The number of hydrogen-bond donors (Lipinski definition) is 0. The molecule has 410 valence electrons. The number of allylic oxidation sites excluding steroid dienone is 2. The van der Waals surface area contributed by atoms with Crippen molar-refractivity contribution in [1.82, 2.24) is 0 Å². The predicted molar refractivity (Wildman–Crippen MR) is 360 cm³/mol. The lowest BCUT2D eigenvalue weighted by Gasteiger charge is -2.26. The van der Waals surface area contributed by atoms with Crippen LogP contribution in [0.15, 0.2) is 340 Å². The molecule has 0 aliphatic rings. The molecule has 0 saturated carbocycles. The van der Waals surface area contributed by atoms with Crippen LogP contribution >= 0.6 is 0 Å². The van der Waals surface area contributed by atoms with Gasteiger partial charge in [-0.3, -0.25) is 0 Å². The van der Waals surface area contributed by atoms with Crippen molar-refractivity contribution in [3.8, 4) is 12.1 Å². The first-order chi connectivity index (χ1) is 42.6.